The number of rotatable bonds is 7. The molecule has 0 aromatic heterocycles. The van der Waals surface area contributed by atoms with Crippen molar-refractivity contribution < 1.29 is 9.66 Å². The fraction of sp³-hybridized carbons (Fsp3) is 0.500. The standard InChI is InChI=1S/C12H15BrClNO3/c1-9(4-6-13)5-7-18-10-2-3-12(15(16)17)11(14)8-10/h2-3,8-9H,4-7H2,1H3. The molecular formula is C12H15BrClNO3. The van der Waals surface area contributed by atoms with E-state index in [2.05, 4.69) is 22.9 Å². The second kappa shape index (κ2) is 7.59. The van der Waals surface area contributed by atoms with E-state index in [0.29, 0.717) is 18.3 Å². The van der Waals surface area contributed by atoms with Crippen molar-refractivity contribution in [3.05, 3.63) is 33.3 Å². The molecule has 0 aliphatic rings. The maximum Gasteiger partial charge on any atom is 0.288 e. The highest BCUT2D eigenvalue weighted by atomic mass is 79.9. The predicted octanol–water partition coefficient (Wildman–Crippen LogP) is 4.44. The number of alkyl halides is 1. The summed E-state index contributed by atoms with van der Waals surface area (Å²) >= 11 is 9.18. The normalized spacial score (nSPS) is 12.2. The largest absolute Gasteiger partial charge is 0.494 e. The van der Waals surface area contributed by atoms with Gasteiger partial charge in [-0.1, -0.05) is 34.5 Å². The number of hydrogen-bond acceptors (Lipinski definition) is 3. The molecule has 0 spiro atoms. The first kappa shape index (κ1) is 15.2. The average molecular weight is 337 g/mol. The van der Waals surface area contributed by atoms with Crippen molar-refractivity contribution in [1.82, 2.24) is 0 Å². The Balaban J connectivity index is 2.49. The van der Waals surface area contributed by atoms with Gasteiger partial charge < -0.3 is 4.74 Å². The van der Waals surface area contributed by atoms with Gasteiger partial charge in [-0.15, -0.1) is 0 Å². The summed E-state index contributed by atoms with van der Waals surface area (Å²) in [5.41, 5.74) is -0.100. The Hall–Kier alpha value is -0.810. The molecule has 1 atom stereocenters. The molecule has 0 bridgehead atoms. The molecule has 0 fully saturated rings. The summed E-state index contributed by atoms with van der Waals surface area (Å²) in [6, 6.07) is 4.41. The maximum atomic E-state index is 10.6. The summed E-state index contributed by atoms with van der Waals surface area (Å²) in [7, 11) is 0. The molecule has 0 radical (unpaired) electrons. The summed E-state index contributed by atoms with van der Waals surface area (Å²) in [4.78, 5) is 10.1. The van der Waals surface area contributed by atoms with E-state index in [4.69, 9.17) is 16.3 Å². The highest BCUT2D eigenvalue weighted by Crippen LogP contribution is 2.28. The molecule has 1 aromatic carbocycles. The quantitative estimate of drug-likeness (QED) is 0.420. The first-order valence-corrected chi connectivity index (χ1v) is 7.17. The van der Waals surface area contributed by atoms with Gasteiger partial charge in [0.15, 0.2) is 0 Å². The topological polar surface area (TPSA) is 52.4 Å². The minimum Gasteiger partial charge on any atom is -0.494 e. The maximum absolute atomic E-state index is 10.6. The van der Waals surface area contributed by atoms with Gasteiger partial charge in [0.05, 0.1) is 11.5 Å². The number of benzene rings is 1. The van der Waals surface area contributed by atoms with Gasteiger partial charge in [0, 0.05) is 17.5 Å². The third-order valence-electron chi connectivity index (χ3n) is 2.60. The summed E-state index contributed by atoms with van der Waals surface area (Å²) in [5, 5.41) is 11.7. The van der Waals surface area contributed by atoms with Crippen LogP contribution in [0.5, 0.6) is 5.75 Å². The molecule has 0 heterocycles. The van der Waals surface area contributed by atoms with Crippen LogP contribution in [-0.2, 0) is 0 Å². The van der Waals surface area contributed by atoms with Crippen molar-refractivity contribution in [1.29, 1.82) is 0 Å². The van der Waals surface area contributed by atoms with Crippen LogP contribution in [0.1, 0.15) is 19.8 Å². The van der Waals surface area contributed by atoms with Crippen LogP contribution < -0.4 is 4.74 Å². The number of nitro groups is 1. The minimum absolute atomic E-state index is 0.100. The van der Waals surface area contributed by atoms with Gasteiger partial charge in [-0.3, -0.25) is 10.1 Å². The number of nitrogens with zero attached hydrogens (tertiary/aromatic N) is 1. The van der Waals surface area contributed by atoms with Gasteiger partial charge in [0.25, 0.3) is 5.69 Å². The van der Waals surface area contributed by atoms with Gasteiger partial charge in [-0.2, -0.15) is 0 Å². The van der Waals surface area contributed by atoms with Gasteiger partial charge >= 0.3 is 0 Å². The average Bonchev–Trinajstić information content (AvgIpc) is 2.29. The molecule has 0 N–H and O–H groups in total. The van der Waals surface area contributed by atoms with Crippen molar-refractivity contribution in [2.24, 2.45) is 5.92 Å². The van der Waals surface area contributed by atoms with Crippen molar-refractivity contribution in [3.63, 3.8) is 0 Å². The fourth-order valence-corrected chi connectivity index (χ4v) is 2.46. The van der Waals surface area contributed by atoms with Crippen molar-refractivity contribution in [2.75, 3.05) is 11.9 Å². The number of ether oxygens (including phenoxy) is 1. The molecule has 100 valence electrons. The first-order chi connectivity index (χ1) is 8.54. The van der Waals surface area contributed by atoms with E-state index in [1.807, 2.05) is 0 Å². The Bertz CT molecular complexity index is 414. The van der Waals surface area contributed by atoms with Crippen LogP contribution in [0.2, 0.25) is 5.02 Å². The smallest absolute Gasteiger partial charge is 0.288 e. The van der Waals surface area contributed by atoms with Crippen LogP contribution in [0.4, 0.5) is 5.69 Å². The fourth-order valence-electron chi connectivity index (χ4n) is 1.43. The summed E-state index contributed by atoms with van der Waals surface area (Å²) in [6.45, 7) is 2.75. The molecule has 0 saturated heterocycles. The van der Waals surface area contributed by atoms with Gasteiger partial charge in [-0.05, 0) is 24.8 Å². The minimum atomic E-state index is -0.510. The highest BCUT2D eigenvalue weighted by Gasteiger charge is 2.12. The SMILES string of the molecule is CC(CCBr)CCOc1ccc([N+](=O)[O-])c(Cl)c1. The van der Waals surface area contributed by atoms with Crippen LogP contribution in [0.15, 0.2) is 18.2 Å². The molecular weight excluding hydrogens is 321 g/mol. The second-order valence-electron chi connectivity index (χ2n) is 4.09. The molecule has 18 heavy (non-hydrogen) atoms. The van der Waals surface area contributed by atoms with Gasteiger partial charge in [0.2, 0.25) is 0 Å². The molecule has 0 amide bonds. The number of halogens is 2. The van der Waals surface area contributed by atoms with E-state index in [9.17, 15) is 10.1 Å². The van der Waals surface area contributed by atoms with Crippen LogP contribution in [0.25, 0.3) is 0 Å². The van der Waals surface area contributed by atoms with Crippen LogP contribution in [0.3, 0.4) is 0 Å². The lowest BCUT2D eigenvalue weighted by Gasteiger charge is -2.11. The molecule has 4 nitrogen and oxygen atoms in total. The van der Waals surface area contributed by atoms with E-state index in [0.717, 1.165) is 18.2 Å². The van der Waals surface area contributed by atoms with E-state index < -0.39 is 4.92 Å². The predicted molar refractivity (Wildman–Crippen MR) is 75.8 cm³/mol. The lowest BCUT2D eigenvalue weighted by molar-refractivity contribution is -0.384. The third-order valence-corrected chi connectivity index (χ3v) is 3.36. The Morgan fingerprint density at radius 3 is 2.78 bits per heavy atom. The molecule has 6 heteroatoms. The van der Waals surface area contributed by atoms with Crippen molar-refractivity contribution in [3.8, 4) is 5.75 Å². The van der Waals surface area contributed by atoms with Crippen LogP contribution >= 0.6 is 27.5 Å². The Kier molecular flexibility index (Phi) is 6.43. The molecule has 1 aromatic rings. The zero-order valence-corrected chi connectivity index (χ0v) is 12.4. The van der Waals surface area contributed by atoms with E-state index in [1.54, 1.807) is 6.07 Å². The zero-order chi connectivity index (χ0) is 13.5. The summed E-state index contributed by atoms with van der Waals surface area (Å²) in [6.07, 6.45) is 2.05. The Morgan fingerprint density at radius 2 is 2.22 bits per heavy atom. The first-order valence-electron chi connectivity index (χ1n) is 5.67. The van der Waals surface area contributed by atoms with E-state index in [1.165, 1.54) is 12.1 Å². The highest BCUT2D eigenvalue weighted by molar-refractivity contribution is 9.09. The van der Waals surface area contributed by atoms with Crippen molar-refractivity contribution >= 4 is 33.2 Å². The van der Waals surface area contributed by atoms with Crippen LogP contribution in [0, 0.1) is 16.0 Å². The zero-order valence-electron chi connectivity index (χ0n) is 10.1. The number of hydrogen-bond donors (Lipinski definition) is 0. The Labute approximate surface area is 120 Å². The molecule has 1 rings (SSSR count). The molecule has 0 aliphatic heterocycles. The van der Waals surface area contributed by atoms with Gasteiger partial charge in [-0.25, -0.2) is 0 Å². The third kappa shape index (κ3) is 4.82. The van der Waals surface area contributed by atoms with E-state index >= 15 is 0 Å². The molecule has 0 saturated carbocycles. The molecule has 1 unspecified atom stereocenters. The van der Waals surface area contributed by atoms with Crippen molar-refractivity contribution in [2.45, 2.75) is 19.8 Å². The second-order valence-corrected chi connectivity index (χ2v) is 5.29. The van der Waals surface area contributed by atoms with E-state index in [-0.39, 0.29) is 10.7 Å². The summed E-state index contributed by atoms with van der Waals surface area (Å²) in [5.74, 6) is 1.15. The summed E-state index contributed by atoms with van der Waals surface area (Å²) < 4.78 is 5.52. The monoisotopic (exact) mass is 335 g/mol. The lowest BCUT2D eigenvalue weighted by atomic mass is 10.1. The molecule has 0 aliphatic carbocycles. The lowest BCUT2D eigenvalue weighted by Crippen LogP contribution is -2.04. The Morgan fingerprint density at radius 1 is 1.50 bits per heavy atom. The van der Waals surface area contributed by atoms with Gasteiger partial charge in [0.1, 0.15) is 10.8 Å². The number of nitro benzene ring substituents is 1. The van der Waals surface area contributed by atoms with Crippen LogP contribution in [-0.4, -0.2) is 16.9 Å².